The Morgan fingerprint density at radius 3 is 2.56 bits per heavy atom. The van der Waals surface area contributed by atoms with Gasteiger partial charge in [-0.05, 0) is 24.6 Å². The van der Waals surface area contributed by atoms with Gasteiger partial charge in [0.2, 0.25) is 5.91 Å². The average Bonchev–Trinajstić information content (AvgIpc) is 2.61. The van der Waals surface area contributed by atoms with Gasteiger partial charge in [-0.3, -0.25) is 9.59 Å². The van der Waals surface area contributed by atoms with Crippen molar-refractivity contribution in [3.63, 3.8) is 0 Å². The zero-order valence-electron chi connectivity index (χ0n) is 14.8. The molecule has 1 aromatic carbocycles. The van der Waals surface area contributed by atoms with Crippen molar-refractivity contribution in [1.29, 1.82) is 0 Å². The van der Waals surface area contributed by atoms with Crippen LogP contribution in [0, 0.1) is 0 Å². The van der Waals surface area contributed by atoms with Crippen LogP contribution >= 0.6 is 0 Å². The molecular weight excluding hydrogens is 322 g/mol. The number of carbonyl (C=O) groups is 2. The van der Waals surface area contributed by atoms with Crippen LogP contribution < -0.4 is 19.7 Å². The summed E-state index contributed by atoms with van der Waals surface area (Å²) in [5, 5.41) is 3.05. The van der Waals surface area contributed by atoms with Crippen molar-refractivity contribution < 1.29 is 24.0 Å². The molecule has 0 saturated carbocycles. The number of ether oxygens (including phenoxy) is 2. The largest absolute Gasteiger partial charge is 0.486 e. The van der Waals surface area contributed by atoms with Crippen molar-refractivity contribution >= 4 is 11.8 Å². The maximum atomic E-state index is 12.3. The average molecular weight is 348 g/mol. The van der Waals surface area contributed by atoms with Gasteiger partial charge in [-0.25, -0.2) is 0 Å². The lowest BCUT2D eigenvalue weighted by Gasteiger charge is -2.31. The molecule has 0 spiro atoms. The molecule has 7 nitrogen and oxygen atoms in total. The van der Waals surface area contributed by atoms with Crippen molar-refractivity contribution in [2.24, 2.45) is 0 Å². The third-order valence-electron chi connectivity index (χ3n) is 4.77. The molecule has 25 heavy (non-hydrogen) atoms. The fourth-order valence-corrected chi connectivity index (χ4v) is 3.25. The first-order valence-electron chi connectivity index (χ1n) is 8.81. The number of piperazine rings is 1. The van der Waals surface area contributed by atoms with Gasteiger partial charge in [0.15, 0.2) is 18.0 Å². The first kappa shape index (κ1) is 17.5. The summed E-state index contributed by atoms with van der Waals surface area (Å²) in [6, 6.07) is 5.68. The lowest BCUT2D eigenvalue weighted by molar-refractivity contribution is -0.896. The van der Waals surface area contributed by atoms with Gasteiger partial charge in [0.05, 0.1) is 32.2 Å². The second kappa shape index (κ2) is 7.74. The predicted molar refractivity (Wildman–Crippen MR) is 91.8 cm³/mol. The molecule has 1 atom stereocenters. The highest BCUT2D eigenvalue weighted by molar-refractivity contribution is 5.77. The number of amides is 2. The molecule has 0 bridgehead atoms. The fraction of sp³-hybridized carbons (Fsp3) is 0.556. The monoisotopic (exact) mass is 348 g/mol. The standard InChI is InChI=1S/C18H25N3O4/c1-13(15-3-4-16-17(11-15)25-10-9-24-16)19-18(23)12-20-5-7-21(8-6-20)14(2)22/h3-4,11,13H,5-10,12H2,1-2H3,(H,19,23)/p+1/t13-/m0/s1. The summed E-state index contributed by atoms with van der Waals surface area (Å²) in [4.78, 5) is 26.7. The number of hydrogen-bond acceptors (Lipinski definition) is 4. The fourth-order valence-electron chi connectivity index (χ4n) is 3.25. The summed E-state index contributed by atoms with van der Waals surface area (Å²) in [5.41, 5.74) is 0.994. The van der Waals surface area contributed by atoms with Crippen LogP contribution in [0.1, 0.15) is 25.5 Å². The summed E-state index contributed by atoms with van der Waals surface area (Å²) in [7, 11) is 0. The lowest BCUT2D eigenvalue weighted by atomic mass is 10.1. The van der Waals surface area contributed by atoms with Crippen LogP contribution in [0.2, 0.25) is 0 Å². The summed E-state index contributed by atoms with van der Waals surface area (Å²) < 4.78 is 11.1. The highest BCUT2D eigenvalue weighted by Crippen LogP contribution is 2.32. The van der Waals surface area contributed by atoms with Gasteiger partial charge in [0, 0.05) is 6.92 Å². The van der Waals surface area contributed by atoms with Crippen LogP contribution in [0.25, 0.3) is 0 Å². The van der Waals surface area contributed by atoms with Gasteiger partial charge in [0.1, 0.15) is 13.2 Å². The van der Waals surface area contributed by atoms with E-state index in [0.717, 1.165) is 43.2 Å². The molecule has 7 heteroatoms. The number of benzene rings is 1. The van der Waals surface area contributed by atoms with E-state index in [4.69, 9.17) is 9.47 Å². The summed E-state index contributed by atoms with van der Waals surface area (Å²) in [5.74, 6) is 1.61. The van der Waals surface area contributed by atoms with Crippen molar-refractivity contribution in [3.05, 3.63) is 23.8 Å². The van der Waals surface area contributed by atoms with Gasteiger partial charge in [-0.1, -0.05) is 6.07 Å². The first-order valence-corrected chi connectivity index (χ1v) is 8.81. The van der Waals surface area contributed by atoms with Crippen molar-refractivity contribution in [3.8, 4) is 11.5 Å². The van der Waals surface area contributed by atoms with E-state index in [2.05, 4.69) is 5.32 Å². The van der Waals surface area contributed by atoms with E-state index in [1.165, 1.54) is 4.90 Å². The molecule has 2 aliphatic heterocycles. The highest BCUT2D eigenvalue weighted by Gasteiger charge is 2.24. The van der Waals surface area contributed by atoms with E-state index in [0.29, 0.717) is 19.8 Å². The van der Waals surface area contributed by atoms with Crippen molar-refractivity contribution in [2.75, 3.05) is 45.9 Å². The lowest BCUT2D eigenvalue weighted by Crippen LogP contribution is -3.15. The number of carbonyl (C=O) groups excluding carboxylic acids is 2. The molecule has 2 heterocycles. The minimum atomic E-state index is -0.0961. The third kappa shape index (κ3) is 4.42. The molecule has 1 fully saturated rings. The smallest absolute Gasteiger partial charge is 0.275 e. The van der Waals surface area contributed by atoms with Gasteiger partial charge in [-0.15, -0.1) is 0 Å². The Balaban J connectivity index is 1.50. The summed E-state index contributed by atoms with van der Waals surface area (Å²) >= 11 is 0. The Morgan fingerprint density at radius 1 is 1.20 bits per heavy atom. The van der Waals surface area contributed by atoms with Crippen LogP contribution in [0.3, 0.4) is 0 Å². The maximum Gasteiger partial charge on any atom is 0.275 e. The number of rotatable bonds is 4. The van der Waals surface area contributed by atoms with E-state index < -0.39 is 0 Å². The second-order valence-electron chi connectivity index (χ2n) is 6.63. The van der Waals surface area contributed by atoms with E-state index in [9.17, 15) is 9.59 Å². The quantitative estimate of drug-likeness (QED) is 0.761. The molecule has 2 aliphatic rings. The van der Waals surface area contributed by atoms with Crippen molar-refractivity contribution in [2.45, 2.75) is 19.9 Å². The van der Waals surface area contributed by atoms with Crippen LogP contribution in [-0.4, -0.2) is 62.7 Å². The van der Waals surface area contributed by atoms with Gasteiger partial charge < -0.3 is 24.6 Å². The zero-order chi connectivity index (χ0) is 17.8. The number of fused-ring (bicyclic) bond motifs is 1. The maximum absolute atomic E-state index is 12.3. The molecule has 1 saturated heterocycles. The van der Waals surface area contributed by atoms with Crippen LogP contribution in [0.15, 0.2) is 18.2 Å². The summed E-state index contributed by atoms with van der Waals surface area (Å²) in [6.07, 6.45) is 0. The Bertz CT molecular complexity index is 641. The minimum absolute atomic E-state index is 0.0219. The highest BCUT2D eigenvalue weighted by atomic mass is 16.6. The number of nitrogens with zero attached hydrogens (tertiary/aromatic N) is 1. The Hall–Kier alpha value is -2.28. The van der Waals surface area contributed by atoms with Gasteiger partial charge >= 0.3 is 0 Å². The second-order valence-corrected chi connectivity index (χ2v) is 6.63. The molecule has 136 valence electrons. The number of hydrogen-bond donors (Lipinski definition) is 2. The van der Waals surface area contributed by atoms with Gasteiger partial charge in [-0.2, -0.15) is 0 Å². The predicted octanol–water partition coefficient (Wildman–Crippen LogP) is -0.618. The molecule has 1 aromatic rings. The Kier molecular flexibility index (Phi) is 5.43. The molecule has 0 radical (unpaired) electrons. The van der Waals surface area contributed by atoms with Crippen LogP contribution in [-0.2, 0) is 9.59 Å². The molecule has 0 unspecified atom stereocenters. The SMILES string of the molecule is CC(=O)N1CC[NH+](CC(=O)N[C@@H](C)c2ccc3c(c2)OCCO3)CC1. The van der Waals surface area contributed by atoms with E-state index in [-0.39, 0.29) is 17.9 Å². The molecular formula is C18H26N3O4+. The third-order valence-corrected chi connectivity index (χ3v) is 4.77. The summed E-state index contributed by atoms with van der Waals surface area (Å²) in [6.45, 7) is 8.16. The van der Waals surface area contributed by atoms with Crippen LogP contribution in [0.4, 0.5) is 0 Å². The van der Waals surface area contributed by atoms with Gasteiger partial charge in [0.25, 0.3) is 5.91 Å². The first-order chi connectivity index (χ1) is 12.0. The van der Waals surface area contributed by atoms with Crippen LogP contribution in [0.5, 0.6) is 11.5 Å². The topological polar surface area (TPSA) is 72.3 Å². The molecule has 2 N–H and O–H groups in total. The zero-order valence-corrected chi connectivity index (χ0v) is 14.8. The Labute approximate surface area is 147 Å². The number of nitrogens with one attached hydrogen (secondary N) is 2. The van der Waals surface area contributed by atoms with E-state index in [1.54, 1.807) is 6.92 Å². The molecule has 0 aliphatic carbocycles. The number of quaternary nitrogens is 1. The normalized spacial score (nSPS) is 18.6. The van der Waals surface area contributed by atoms with E-state index in [1.807, 2.05) is 30.0 Å². The Morgan fingerprint density at radius 2 is 1.88 bits per heavy atom. The molecule has 2 amide bonds. The van der Waals surface area contributed by atoms with Crippen molar-refractivity contribution in [1.82, 2.24) is 10.2 Å². The minimum Gasteiger partial charge on any atom is -0.486 e. The molecule has 3 rings (SSSR count). The molecule has 0 aromatic heterocycles. The van der Waals surface area contributed by atoms with E-state index >= 15 is 0 Å².